The van der Waals surface area contributed by atoms with Crippen molar-refractivity contribution in [3.8, 4) is 5.75 Å². The Morgan fingerprint density at radius 2 is 1.40 bits per heavy atom. The van der Waals surface area contributed by atoms with Gasteiger partial charge in [0, 0.05) is 11.1 Å². The van der Waals surface area contributed by atoms with Gasteiger partial charge in [0.2, 0.25) is 0 Å². The molecule has 0 fully saturated rings. The first kappa shape index (κ1) is 28.1. The van der Waals surface area contributed by atoms with E-state index >= 15 is 4.20 Å². The van der Waals surface area contributed by atoms with Crippen molar-refractivity contribution in [2.24, 2.45) is 10.8 Å². The summed E-state index contributed by atoms with van der Waals surface area (Å²) in [7, 11) is -2.61. The van der Waals surface area contributed by atoms with Crippen LogP contribution in [0.3, 0.4) is 0 Å². The van der Waals surface area contributed by atoms with E-state index in [-0.39, 0.29) is 21.7 Å². The molecule has 2 atom stereocenters. The highest BCUT2D eigenvalue weighted by atomic mass is 31.2. The van der Waals surface area contributed by atoms with E-state index in [1.807, 2.05) is 0 Å². The molecule has 35 heavy (non-hydrogen) atoms. The average molecular weight is 501 g/mol. The molecule has 0 bridgehead atoms. The maximum atomic E-state index is 15.6. The van der Waals surface area contributed by atoms with E-state index in [1.165, 1.54) is 16.7 Å². The molecule has 2 aliphatic rings. The van der Waals surface area contributed by atoms with Crippen molar-refractivity contribution in [3.05, 3.63) is 57.7 Å². The summed E-state index contributed by atoms with van der Waals surface area (Å²) in [6.07, 6.45) is 4.84. The van der Waals surface area contributed by atoms with Crippen LogP contribution >= 0.6 is 8.69 Å². The molecule has 0 spiro atoms. The van der Waals surface area contributed by atoms with Crippen LogP contribution in [0.5, 0.6) is 5.75 Å². The largest absolute Gasteiger partial charge is 0.440 e. The van der Waals surface area contributed by atoms with Crippen molar-refractivity contribution in [3.63, 3.8) is 0 Å². The van der Waals surface area contributed by atoms with Gasteiger partial charge in [-0.05, 0) is 62.0 Å². The van der Waals surface area contributed by atoms with E-state index in [0.29, 0.717) is 5.75 Å². The van der Waals surface area contributed by atoms with Crippen molar-refractivity contribution in [1.82, 2.24) is 0 Å². The molecule has 1 heterocycles. The number of fused-ring (bicyclic) bond motifs is 2. The van der Waals surface area contributed by atoms with Gasteiger partial charge in [0.25, 0.3) is 0 Å². The maximum absolute atomic E-state index is 15.6. The Morgan fingerprint density at radius 1 is 0.800 bits per heavy atom. The lowest BCUT2D eigenvalue weighted by atomic mass is 9.71. The van der Waals surface area contributed by atoms with Crippen LogP contribution in [-0.4, -0.2) is 6.10 Å². The molecule has 0 saturated carbocycles. The van der Waals surface area contributed by atoms with Gasteiger partial charge in [-0.15, -0.1) is 4.20 Å². The Morgan fingerprint density at radius 3 is 1.86 bits per heavy atom. The highest BCUT2D eigenvalue weighted by molar-refractivity contribution is 7.41. The summed E-state index contributed by atoms with van der Waals surface area (Å²) in [5.74, 6) is 0.638. The molecular weight excluding hydrogens is 454 g/mol. The molecule has 1 aromatic rings. The Hall–Kier alpha value is -1.44. The van der Waals surface area contributed by atoms with Crippen LogP contribution in [-0.2, 0) is 15.4 Å². The molecule has 0 aromatic heterocycles. The SMILES string of the molecule is CC/C1=C2\C=C(C(C)(C)C)C=C(C(C)(C)C)C2OP(F)Oc2c1cc(C(C)(C)C)cc2C(C)(C)C. The van der Waals surface area contributed by atoms with Gasteiger partial charge in [-0.2, -0.15) is 0 Å². The Balaban J connectivity index is 2.49. The van der Waals surface area contributed by atoms with E-state index in [1.54, 1.807) is 0 Å². The fraction of sp³-hybridized carbons (Fsp3) is 0.613. The van der Waals surface area contributed by atoms with E-state index in [0.717, 1.165) is 28.7 Å². The standard InChI is InChI=1S/C31H46FO2P/c1-14-21-22-15-19(28(2,3)4)17-24(30(8,9)10)26(22)33-35(32)34-27-23(21)16-20(29(5,6)7)18-25(27)31(11,12)13/h15-18,26H,14H2,1-13H3/b22-21-. The van der Waals surface area contributed by atoms with Gasteiger partial charge in [0.1, 0.15) is 11.9 Å². The summed E-state index contributed by atoms with van der Waals surface area (Å²) >= 11 is 0. The van der Waals surface area contributed by atoms with Crippen LogP contribution in [0.2, 0.25) is 0 Å². The molecule has 4 heteroatoms. The first-order valence-electron chi connectivity index (χ1n) is 12.9. The van der Waals surface area contributed by atoms with Crippen molar-refractivity contribution in [1.29, 1.82) is 0 Å². The molecule has 3 rings (SSSR count). The normalized spacial score (nSPS) is 23.9. The lowest BCUT2D eigenvalue weighted by Crippen LogP contribution is -2.31. The van der Waals surface area contributed by atoms with Crippen LogP contribution in [0.4, 0.5) is 4.20 Å². The summed E-state index contributed by atoms with van der Waals surface area (Å²) in [5.41, 5.74) is 7.40. The second-order valence-corrected chi connectivity index (χ2v) is 15.0. The van der Waals surface area contributed by atoms with E-state index in [4.69, 9.17) is 9.05 Å². The maximum Gasteiger partial charge on any atom is 0.440 e. The minimum atomic E-state index is -2.61. The molecule has 0 saturated heterocycles. The summed E-state index contributed by atoms with van der Waals surface area (Å²) in [5, 5.41) is 0. The predicted molar refractivity (Wildman–Crippen MR) is 150 cm³/mol. The molecular formula is C31H46FO2P. The smallest absolute Gasteiger partial charge is 0.423 e. The molecule has 2 unspecified atom stereocenters. The third-order valence-corrected chi connectivity index (χ3v) is 7.76. The van der Waals surface area contributed by atoms with Crippen LogP contribution in [0.25, 0.3) is 5.57 Å². The molecule has 0 N–H and O–H groups in total. The van der Waals surface area contributed by atoms with Crippen molar-refractivity contribution >= 4 is 14.3 Å². The number of benzene rings is 1. The molecule has 1 aromatic carbocycles. The second kappa shape index (κ2) is 9.14. The summed E-state index contributed by atoms with van der Waals surface area (Å²) in [4.78, 5) is 0. The summed E-state index contributed by atoms with van der Waals surface area (Å²) in [6.45, 7) is 28.6. The van der Waals surface area contributed by atoms with Gasteiger partial charge in [-0.3, -0.25) is 4.52 Å². The lowest BCUT2D eigenvalue weighted by molar-refractivity contribution is 0.223. The van der Waals surface area contributed by atoms with Gasteiger partial charge >= 0.3 is 8.69 Å². The van der Waals surface area contributed by atoms with Crippen LogP contribution in [0.15, 0.2) is 41.0 Å². The molecule has 2 nitrogen and oxygen atoms in total. The zero-order valence-electron chi connectivity index (χ0n) is 24.2. The minimum Gasteiger partial charge on any atom is -0.423 e. The number of rotatable bonds is 1. The van der Waals surface area contributed by atoms with Gasteiger partial charge in [0.05, 0.1) is 0 Å². The monoisotopic (exact) mass is 500 g/mol. The predicted octanol–water partition coefficient (Wildman–Crippen LogP) is 10.4. The van der Waals surface area contributed by atoms with E-state index < -0.39 is 14.8 Å². The Kier molecular flexibility index (Phi) is 7.35. The van der Waals surface area contributed by atoms with Crippen molar-refractivity contribution in [2.45, 2.75) is 113 Å². The summed E-state index contributed by atoms with van der Waals surface area (Å²) in [6, 6.07) is 4.44. The topological polar surface area (TPSA) is 18.5 Å². The molecule has 1 aliphatic heterocycles. The third-order valence-electron chi connectivity index (χ3n) is 7.06. The molecule has 194 valence electrons. The van der Waals surface area contributed by atoms with Crippen LogP contribution in [0.1, 0.15) is 113 Å². The van der Waals surface area contributed by atoms with E-state index in [9.17, 15) is 0 Å². The van der Waals surface area contributed by atoms with Gasteiger partial charge in [-0.25, -0.2) is 0 Å². The zero-order valence-corrected chi connectivity index (χ0v) is 25.1. The Labute approximate surface area is 215 Å². The first-order chi connectivity index (χ1) is 15.7. The lowest BCUT2D eigenvalue weighted by Gasteiger charge is -2.39. The highest BCUT2D eigenvalue weighted by Crippen LogP contribution is 2.56. The summed E-state index contributed by atoms with van der Waals surface area (Å²) < 4.78 is 27.9. The van der Waals surface area contributed by atoms with Crippen molar-refractivity contribution in [2.75, 3.05) is 0 Å². The second-order valence-electron chi connectivity index (χ2n) is 14.2. The number of allylic oxidation sites excluding steroid dienone is 3. The van der Waals surface area contributed by atoms with Crippen LogP contribution < -0.4 is 4.52 Å². The first-order valence-corrected chi connectivity index (χ1v) is 14.0. The number of halogens is 1. The third kappa shape index (κ3) is 5.78. The minimum absolute atomic E-state index is 0.0424. The molecule has 1 aliphatic carbocycles. The fourth-order valence-electron chi connectivity index (χ4n) is 4.77. The fourth-order valence-corrected chi connectivity index (χ4v) is 5.54. The molecule has 0 radical (unpaired) electrons. The molecule has 0 amide bonds. The van der Waals surface area contributed by atoms with Crippen LogP contribution in [0, 0.1) is 10.8 Å². The number of hydrogen-bond acceptors (Lipinski definition) is 2. The highest BCUT2D eigenvalue weighted by Gasteiger charge is 2.40. The van der Waals surface area contributed by atoms with Gasteiger partial charge in [-0.1, -0.05) is 108 Å². The average Bonchev–Trinajstić information content (AvgIpc) is 2.65. The van der Waals surface area contributed by atoms with Crippen molar-refractivity contribution < 1.29 is 13.2 Å². The number of hydrogen-bond donors (Lipinski definition) is 0. The zero-order chi connectivity index (χ0) is 26.7. The van der Waals surface area contributed by atoms with Gasteiger partial charge in [0.15, 0.2) is 0 Å². The Bertz CT molecular complexity index is 1080. The van der Waals surface area contributed by atoms with Gasteiger partial charge < -0.3 is 4.52 Å². The van der Waals surface area contributed by atoms with E-state index in [2.05, 4.69) is 114 Å². The quantitative estimate of drug-likeness (QED) is 0.357.